The summed E-state index contributed by atoms with van der Waals surface area (Å²) in [6.45, 7) is 0. The van der Waals surface area contributed by atoms with Gasteiger partial charge < -0.3 is 4.42 Å². The van der Waals surface area contributed by atoms with Crippen molar-refractivity contribution < 1.29 is 4.42 Å². The van der Waals surface area contributed by atoms with Gasteiger partial charge in [-0.15, -0.1) is 10.2 Å². The van der Waals surface area contributed by atoms with Crippen molar-refractivity contribution in [3.8, 4) is 45.4 Å². The third-order valence-electron chi connectivity index (χ3n) is 6.59. The summed E-state index contributed by atoms with van der Waals surface area (Å²) in [5.41, 5.74) is 5.11. The fraction of sp³-hybridized carbons (Fsp3) is 0. The van der Waals surface area contributed by atoms with Gasteiger partial charge in [0.1, 0.15) is 0 Å². The van der Waals surface area contributed by atoms with Crippen LogP contribution in [0.3, 0.4) is 0 Å². The van der Waals surface area contributed by atoms with Gasteiger partial charge in [-0.25, -0.2) is 9.97 Å². The molecule has 0 atom stereocenters. The Labute approximate surface area is 213 Å². The van der Waals surface area contributed by atoms with E-state index in [9.17, 15) is 0 Å². The number of nitrogens with zero attached hydrogens (tertiary/aromatic N) is 4. The average Bonchev–Trinajstić information content (AvgIpc) is 3.47. The summed E-state index contributed by atoms with van der Waals surface area (Å²) >= 11 is 0. The topological polar surface area (TPSA) is 64.7 Å². The van der Waals surface area contributed by atoms with Crippen LogP contribution in [0.1, 0.15) is 0 Å². The van der Waals surface area contributed by atoms with E-state index < -0.39 is 0 Å². The lowest BCUT2D eigenvalue weighted by molar-refractivity contribution is 0.584. The number of hydrogen-bond acceptors (Lipinski definition) is 5. The van der Waals surface area contributed by atoms with Crippen LogP contribution >= 0.6 is 0 Å². The lowest BCUT2D eigenvalue weighted by Gasteiger charge is -2.16. The molecule has 0 N–H and O–H groups in total. The molecule has 5 nitrogen and oxygen atoms in total. The lowest BCUT2D eigenvalue weighted by atomic mass is 9.88. The minimum atomic E-state index is 0.497. The Hall–Kier alpha value is -5.16. The minimum absolute atomic E-state index is 0.497. The zero-order chi connectivity index (χ0) is 24.6. The fourth-order valence-corrected chi connectivity index (χ4v) is 4.93. The smallest absolute Gasteiger partial charge is 0.248 e. The summed E-state index contributed by atoms with van der Waals surface area (Å²) in [4.78, 5) is 9.17. The molecule has 5 heteroatoms. The van der Waals surface area contributed by atoms with Gasteiger partial charge in [0, 0.05) is 29.1 Å². The summed E-state index contributed by atoms with van der Waals surface area (Å²) in [5.74, 6) is 1.73. The molecule has 2 heterocycles. The average molecular weight is 477 g/mol. The van der Waals surface area contributed by atoms with Crippen molar-refractivity contribution in [3.05, 3.63) is 122 Å². The molecule has 0 spiro atoms. The molecule has 0 saturated carbocycles. The molecule has 0 unspecified atom stereocenters. The Kier molecular flexibility index (Phi) is 5.03. The number of hydrogen-bond donors (Lipinski definition) is 0. The second kappa shape index (κ2) is 8.81. The van der Waals surface area contributed by atoms with E-state index in [0.29, 0.717) is 11.8 Å². The molecule has 37 heavy (non-hydrogen) atoms. The molecule has 7 aromatic rings. The molecular weight excluding hydrogens is 456 g/mol. The van der Waals surface area contributed by atoms with Crippen molar-refractivity contribution in [1.29, 1.82) is 0 Å². The van der Waals surface area contributed by atoms with E-state index in [-0.39, 0.29) is 0 Å². The first-order chi connectivity index (χ1) is 18.4. The van der Waals surface area contributed by atoms with Crippen molar-refractivity contribution in [1.82, 2.24) is 20.2 Å². The molecule has 0 amide bonds. The van der Waals surface area contributed by atoms with Crippen LogP contribution in [-0.2, 0) is 0 Å². The van der Waals surface area contributed by atoms with Crippen LogP contribution in [0.5, 0.6) is 0 Å². The van der Waals surface area contributed by atoms with Crippen LogP contribution in [-0.4, -0.2) is 20.2 Å². The Balaban J connectivity index is 1.38. The van der Waals surface area contributed by atoms with E-state index in [1.54, 1.807) is 12.4 Å². The van der Waals surface area contributed by atoms with E-state index in [1.165, 1.54) is 5.56 Å². The molecule has 0 aliphatic heterocycles. The molecule has 0 saturated heterocycles. The highest BCUT2D eigenvalue weighted by molar-refractivity contribution is 6.20. The molecule has 0 bridgehead atoms. The number of fused-ring (bicyclic) bond motifs is 2. The minimum Gasteiger partial charge on any atom is -0.416 e. The van der Waals surface area contributed by atoms with Crippen LogP contribution in [0.25, 0.3) is 67.0 Å². The highest BCUT2D eigenvalue weighted by Crippen LogP contribution is 2.42. The second-order valence-electron chi connectivity index (χ2n) is 8.77. The number of aromatic nitrogens is 4. The van der Waals surface area contributed by atoms with Crippen molar-refractivity contribution in [2.24, 2.45) is 0 Å². The van der Waals surface area contributed by atoms with E-state index in [4.69, 9.17) is 4.42 Å². The summed E-state index contributed by atoms with van der Waals surface area (Å²) in [6, 6.07) is 36.9. The zero-order valence-corrected chi connectivity index (χ0v) is 19.7. The van der Waals surface area contributed by atoms with Gasteiger partial charge in [0.05, 0.1) is 0 Å². The molecule has 0 aliphatic carbocycles. The standard InChI is InChI=1S/C32H20N4O/c1-2-9-22(10-3-1)31-35-36-32(37-31)23-17-15-21(16-18-23)28-24-11-4-6-13-26(24)29(30-33-19-8-20-34-30)27-14-7-5-12-25(27)28/h1-20H. The summed E-state index contributed by atoms with van der Waals surface area (Å²) in [5, 5.41) is 13.1. The van der Waals surface area contributed by atoms with E-state index in [2.05, 4.69) is 80.8 Å². The molecule has 174 valence electrons. The first-order valence-electron chi connectivity index (χ1n) is 12.1. The van der Waals surface area contributed by atoms with Crippen molar-refractivity contribution in [2.75, 3.05) is 0 Å². The quantitative estimate of drug-likeness (QED) is 0.242. The molecule has 0 fully saturated rings. The van der Waals surface area contributed by atoms with Gasteiger partial charge in [0.25, 0.3) is 0 Å². The third kappa shape index (κ3) is 3.65. The second-order valence-corrected chi connectivity index (χ2v) is 8.77. The van der Waals surface area contributed by atoms with Crippen LogP contribution in [0.2, 0.25) is 0 Å². The monoisotopic (exact) mass is 476 g/mol. The Morgan fingerprint density at radius 3 is 1.43 bits per heavy atom. The van der Waals surface area contributed by atoms with E-state index >= 15 is 0 Å². The molecule has 5 aromatic carbocycles. The number of rotatable bonds is 4. The predicted octanol–water partition coefficient (Wildman–Crippen LogP) is 7.83. The van der Waals surface area contributed by atoms with E-state index in [0.717, 1.165) is 49.6 Å². The van der Waals surface area contributed by atoms with Crippen LogP contribution in [0.15, 0.2) is 126 Å². The van der Waals surface area contributed by atoms with Crippen molar-refractivity contribution in [2.45, 2.75) is 0 Å². The van der Waals surface area contributed by atoms with Crippen LogP contribution in [0, 0.1) is 0 Å². The SMILES string of the molecule is c1ccc(-c2nnc(-c3ccc(-c4c5ccccc5c(-c5ncccn5)c5ccccc45)cc3)o2)cc1. The van der Waals surface area contributed by atoms with Crippen LogP contribution in [0.4, 0.5) is 0 Å². The summed E-state index contributed by atoms with van der Waals surface area (Å²) in [6.07, 6.45) is 3.58. The predicted molar refractivity (Wildman–Crippen MR) is 147 cm³/mol. The van der Waals surface area contributed by atoms with Crippen molar-refractivity contribution >= 4 is 21.5 Å². The van der Waals surface area contributed by atoms with Gasteiger partial charge in [-0.2, -0.15) is 0 Å². The first kappa shape index (κ1) is 21.1. The van der Waals surface area contributed by atoms with Gasteiger partial charge in [-0.1, -0.05) is 78.9 Å². The van der Waals surface area contributed by atoms with Crippen molar-refractivity contribution in [3.63, 3.8) is 0 Å². The molecule has 0 aliphatic rings. The number of benzene rings is 5. The van der Waals surface area contributed by atoms with Crippen LogP contribution < -0.4 is 0 Å². The third-order valence-corrected chi connectivity index (χ3v) is 6.59. The van der Waals surface area contributed by atoms with E-state index in [1.807, 2.05) is 48.5 Å². The molecule has 7 rings (SSSR count). The summed E-state index contributed by atoms with van der Waals surface area (Å²) in [7, 11) is 0. The summed E-state index contributed by atoms with van der Waals surface area (Å²) < 4.78 is 5.97. The Morgan fingerprint density at radius 1 is 0.405 bits per heavy atom. The Bertz CT molecular complexity index is 1800. The lowest BCUT2D eigenvalue weighted by Crippen LogP contribution is -1.93. The maximum Gasteiger partial charge on any atom is 0.248 e. The Morgan fingerprint density at radius 2 is 0.865 bits per heavy atom. The highest BCUT2D eigenvalue weighted by atomic mass is 16.4. The molecule has 0 radical (unpaired) electrons. The first-order valence-corrected chi connectivity index (χ1v) is 12.1. The molecular formula is C32H20N4O. The largest absolute Gasteiger partial charge is 0.416 e. The van der Waals surface area contributed by atoms with Gasteiger partial charge in [0.15, 0.2) is 5.82 Å². The molecule has 2 aromatic heterocycles. The fourth-order valence-electron chi connectivity index (χ4n) is 4.93. The highest BCUT2D eigenvalue weighted by Gasteiger charge is 2.18. The maximum absolute atomic E-state index is 5.97. The zero-order valence-electron chi connectivity index (χ0n) is 19.7. The van der Waals surface area contributed by atoms with Gasteiger partial charge >= 0.3 is 0 Å². The normalized spacial score (nSPS) is 11.2. The van der Waals surface area contributed by atoms with Gasteiger partial charge in [-0.3, -0.25) is 0 Å². The van der Waals surface area contributed by atoms with Gasteiger partial charge in [-0.05, 0) is 63.0 Å². The van der Waals surface area contributed by atoms with Gasteiger partial charge in [0.2, 0.25) is 11.8 Å². The maximum atomic E-state index is 5.97.